The maximum absolute atomic E-state index is 9.79. The van der Waals surface area contributed by atoms with E-state index in [0.29, 0.717) is 11.3 Å². The fourth-order valence-electron chi connectivity index (χ4n) is 1.70. The highest BCUT2D eigenvalue weighted by Gasteiger charge is 2.13. The Morgan fingerprint density at radius 1 is 1.18 bits per heavy atom. The van der Waals surface area contributed by atoms with Gasteiger partial charge >= 0.3 is 0 Å². The Morgan fingerprint density at radius 3 is 2.53 bits per heavy atom. The number of phenolic OH excluding ortho intramolecular Hbond substituents is 1. The van der Waals surface area contributed by atoms with Gasteiger partial charge in [0, 0.05) is 19.8 Å². The van der Waals surface area contributed by atoms with Crippen LogP contribution in [0.1, 0.15) is 11.9 Å². The van der Waals surface area contributed by atoms with E-state index in [4.69, 9.17) is 13.9 Å². The molecule has 0 fully saturated rings. The van der Waals surface area contributed by atoms with Crippen LogP contribution in [0.4, 0.5) is 0 Å². The number of furan rings is 1. The first-order valence-corrected chi connectivity index (χ1v) is 5.18. The summed E-state index contributed by atoms with van der Waals surface area (Å²) in [7, 11) is 3.13. The quantitative estimate of drug-likeness (QED) is 0.826. The summed E-state index contributed by atoms with van der Waals surface area (Å²) in [4.78, 5) is 0. The van der Waals surface area contributed by atoms with Crippen LogP contribution in [0, 0.1) is 0 Å². The maximum Gasteiger partial charge on any atom is 0.183 e. The van der Waals surface area contributed by atoms with Crippen LogP contribution in [0.2, 0.25) is 0 Å². The SMILES string of the molecule is COC(OC)c1ccc(O)c(-c2ccco2)c1. The Bertz CT molecular complexity index is 472. The lowest BCUT2D eigenvalue weighted by molar-refractivity contribution is -0.106. The van der Waals surface area contributed by atoms with Gasteiger partial charge in [-0.3, -0.25) is 0 Å². The van der Waals surface area contributed by atoms with E-state index >= 15 is 0 Å². The summed E-state index contributed by atoms with van der Waals surface area (Å²) >= 11 is 0. The van der Waals surface area contributed by atoms with E-state index in [1.54, 1.807) is 50.8 Å². The largest absolute Gasteiger partial charge is 0.507 e. The standard InChI is InChI=1S/C13H14O4/c1-15-13(16-2)9-5-6-11(14)10(8-9)12-4-3-7-17-12/h3-8,13-14H,1-2H3. The number of hydrogen-bond donors (Lipinski definition) is 1. The first kappa shape index (κ1) is 11.7. The molecule has 0 atom stereocenters. The minimum absolute atomic E-state index is 0.162. The Hall–Kier alpha value is -1.78. The van der Waals surface area contributed by atoms with Gasteiger partial charge in [0.2, 0.25) is 0 Å². The topological polar surface area (TPSA) is 51.8 Å². The second kappa shape index (κ2) is 5.03. The Kier molecular flexibility index (Phi) is 3.46. The monoisotopic (exact) mass is 234 g/mol. The fourth-order valence-corrected chi connectivity index (χ4v) is 1.70. The van der Waals surface area contributed by atoms with Crippen LogP contribution in [0.5, 0.6) is 5.75 Å². The van der Waals surface area contributed by atoms with Crippen molar-refractivity contribution in [3.05, 3.63) is 42.2 Å². The molecule has 2 aromatic rings. The Morgan fingerprint density at radius 2 is 1.94 bits per heavy atom. The molecule has 0 bridgehead atoms. The van der Waals surface area contributed by atoms with Gasteiger partial charge in [-0.15, -0.1) is 0 Å². The minimum Gasteiger partial charge on any atom is -0.507 e. The molecule has 1 heterocycles. The zero-order chi connectivity index (χ0) is 12.3. The molecule has 0 amide bonds. The van der Waals surface area contributed by atoms with Crippen molar-refractivity contribution in [2.24, 2.45) is 0 Å². The highest BCUT2D eigenvalue weighted by atomic mass is 16.7. The molecule has 17 heavy (non-hydrogen) atoms. The average molecular weight is 234 g/mol. The fraction of sp³-hybridized carbons (Fsp3) is 0.231. The zero-order valence-corrected chi connectivity index (χ0v) is 9.71. The molecule has 0 spiro atoms. The van der Waals surface area contributed by atoms with E-state index in [-0.39, 0.29) is 5.75 Å². The normalized spacial score (nSPS) is 11.0. The van der Waals surface area contributed by atoms with Gasteiger partial charge < -0.3 is 19.0 Å². The minimum atomic E-state index is -0.454. The molecule has 0 radical (unpaired) electrons. The van der Waals surface area contributed by atoms with Crippen LogP contribution in [0.15, 0.2) is 41.0 Å². The van der Waals surface area contributed by atoms with Gasteiger partial charge in [0.1, 0.15) is 11.5 Å². The molecular formula is C13H14O4. The van der Waals surface area contributed by atoms with Crippen molar-refractivity contribution in [1.82, 2.24) is 0 Å². The molecule has 4 heteroatoms. The van der Waals surface area contributed by atoms with Crippen molar-refractivity contribution < 1.29 is 19.0 Å². The van der Waals surface area contributed by atoms with Gasteiger partial charge in [-0.05, 0) is 24.3 Å². The van der Waals surface area contributed by atoms with E-state index in [1.165, 1.54) is 0 Å². The molecular weight excluding hydrogens is 220 g/mol. The van der Waals surface area contributed by atoms with Crippen molar-refractivity contribution in [3.63, 3.8) is 0 Å². The number of benzene rings is 1. The van der Waals surface area contributed by atoms with Crippen LogP contribution in [-0.2, 0) is 9.47 Å². The molecule has 0 unspecified atom stereocenters. The van der Waals surface area contributed by atoms with Gasteiger partial charge in [0.05, 0.1) is 11.8 Å². The van der Waals surface area contributed by atoms with Crippen molar-refractivity contribution in [1.29, 1.82) is 0 Å². The van der Waals surface area contributed by atoms with Gasteiger partial charge in [0.25, 0.3) is 0 Å². The number of hydrogen-bond acceptors (Lipinski definition) is 4. The summed E-state index contributed by atoms with van der Waals surface area (Å²) in [5, 5.41) is 9.79. The Balaban J connectivity index is 2.43. The summed E-state index contributed by atoms with van der Waals surface area (Å²) in [5.74, 6) is 0.768. The second-order valence-electron chi connectivity index (χ2n) is 3.56. The zero-order valence-electron chi connectivity index (χ0n) is 9.71. The molecule has 0 aliphatic rings. The lowest BCUT2D eigenvalue weighted by Crippen LogP contribution is -2.03. The second-order valence-corrected chi connectivity index (χ2v) is 3.56. The molecule has 1 aromatic carbocycles. The lowest BCUT2D eigenvalue weighted by Gasteiger charge is -2.14. The first-order chi connectivity index (χ1) is 8.26. The summed E-state index contributed by atoms with van der Waals surface area (Å²) in [6.07, 6.45) is 1.11. The van der Waals surface area contributed by atoms with Crippen molar-refractivity contribution in [2.45, 2.75) is 6.29 Å². The van der Waals surface area contributed by atoms with E-state index in [1.807, 2.05) is 0 Å². The van der Waals surface area contributed by atoms with Crippen molar-refractivity contribution in [3.8, 4) is 17.1 Å². The van der Waals surface area contributed by atoms with E-state index in [9.17, 15) is 5.11 Å². The molecule has 1 N–H and O–H groups in total. The molecule has 0 aliphatic heterocycles. The van der Waals surface area contributed by atoms with E-state index in [2.05, 4.69) is 0 Å². The molecule has 1 aromatic heterocycles. The summed E-state index contributed by atoms with van der Waals surface area (Å²) in [6, 6.07) is 8.68. The van der Waals surface area contributed by atoms with Crippen LogP contribution in [0.25, 0.3) is 11.3 Å². The van der Waals surface area contributed by atoms with Crippen LogP contribution >= 0.6 is 0 Å². The molecule has 90 valence electrons. The summed E-state index contributed by atoms with van der Waals surface area (Å²) in [6.45, 7) is 0. The number of rotatable bonds is 4. The highest BCUT2D eigenvalue weighted by Crippen LogP contribution is 2.32. The van der Waals surface area contributed by atoms with E-state index < -0.39 is 6.29 Å². The van der Waals surface area contributed by atoms with Crippen molar-refractivity contribution >= 4 is 0 Å². The summed E-state index contributed by atoms with van der Waals surface area (Å²) in [5.41, 5.74) is 1.44. The first-order valence-electron chi connectivity index (χ1n) is 5.18. The molecule has 0 saturated heterocycles. The van der Waals surface area contributed by atoms with Gasteiger partial charge in [0.15, 0.2) is 6.29 Å². The molecule has 4 nitrogen and oxygen atoms in total. The van der Waals surface area contributed by atoms with E-state index in [0.717, 1.165) is 5.56 Å². The number of ether oxygens (including phenoxy) is 2. The average Bonchev–Trinajstić information content (AvgIpc) is 2.86. The summed E-state index contributed by atoms with van der Waals surface area (Å²) < 4.78 is 15.6. The van der Waals surface area contributed by atoms with Crippen LogP contribution in [0.3, 0.4) is 0 Å². The Labute approximate surface area is 99.4 Å². The molecule has 2 rings (SSSR count). The smallest absolute Gasteiger partial charge is 0.183 e. The van der Waals surface area contributed by atoms with Crippen molar-refractivity contribution in [2.75, 3.05) is 14.2 Å². The third kappa shape index (κ3) is 2.33. The van der Waals surface area contributed by atoms with Crippen LogP contribution < -0.4 is 0 Å². The van der Waals surface area contributed by atoms with Gasteiger partial charge in [-0.1, -0.05) is 6.07 Å². The molecule has 0 aliphatic carbocycles. The number of phenols is 1. The van der Waals surface area contributed by atoms with Crippen LogP contribution in [-0.4, -0.2) is 19.3 Å². The highest BCUT2D eigenvalue weighted by molar-refractivity contribution is 5.66. The van der Waals surface area contributed by atoms with Gasteiger partial charge in [-0.25, -0.2) is 0 Å². The number of methoxy groups -OCH3 is 2. The third-order valence-corrected chi connectivity index (χ3v) is 2.51. The number of aromatic hydroxyl groups is 1. The predicted octanol–water partition coefficient (Wildman–Crippen LogP) is 2.94. The predicted molar refractivity (Wildman–Crippen MR) is 62.6 cm³/mol. The van der Waals surface area contributed by atoms with Gasteiger partial charge in [-0.2, -0.15) is 0 Å². The molecule has 0 saturated carbocycles. The third-order valence-electron chi connectivity index (χ3n) is 2.51. The lowest BCUT2D eigenvalue weighted by atomic mass is 10.1. The maximum atomic E-state index is 9.79.